The first kappa shape index (κ1) is 41.7. The minimum atomic E-state index is -0.382. The number of piperidine rings is 1. The van der Waals surface area contributed by atoms with Crippen LogP contribution in [0.15, 0.2) is 83.6 Å². The third-order valence-electron chi connectivity index (χ3n) is 12.7. The van der Waals surface area contributed by atoms with Crippen molar-refractivity contribution in [2.24, 2.45) is 5.92 Å². The normalized spacial score (nSPS) is 17.3. The van der Waals surface area contributed by atoms with Gasteiger partial charge in [-0.25, -0.2) is 14.8 Å². The minimum Gasteiger partial charge on any atom is -0.372 e. The molecule has 15 heteroatoms. The summed E-state index contributed by atoms with van der Waals surface area (Å²) in [7, 11) is 0. The number of carbonyl (C=O) groups excluding carboxylic acids is 3. The Morgan fingerprint density at radius 3 is 2.17 bits per heavy atom. The predicted molar refractivity (Wildman–Crippen MR) is 244 cm³/mol. The maximum absolute atomic E-state index is 13.0. The van der Waals surface area contributed by atoms with E-state index in [-0.39, 0.29) is 35.1 Å². The number of fused-ring (bicyclic) bond motifs is 1. The van der Waals surface area contributed by atoms with E-state index in [9.17, 15) is 14.4 Å². The Kier molecular flexibility index (Phi) is 11.4. The van der Waals surface area contributed by atoms with E-state index >= 15 is 0 Å². The Bertz CT molecular complexity index is 2620. The van der Waals surface area contributed by atoms with Gasteiger partial charge in [0, 0.05) is 97.9 Å². The lowest BCUT2D eigenvalue weighted by Crippen LogP contribution is -2.49. The fourth-order valence-electron chi connectivity index (χ4n) is 9.03. The number of carbonyl (C=O) groups is 3. The van der Waals surface area contributed by atoms with Crippen molar-refractivity contribution in [2.75, 3.05) is 67.1 Å². The van der Waals surface area contributed by atoms with Gasteiger partial charge in [0.1, 0.15) is 12.0 Å². The number of nitrogens with one attached hydrogen (secondary N) is 3. The molecule has 3 N–H and O–H groups in total. The topological polar surface area (TPSA) is 169 Å². The highest BCUT2D eigenvalue weighted by Crippen LogP contribution is 2.33. The molecule has 0 spiro atoms. The van der Waals surface area contributed by atoms with Crippen LogP contribution in [-0.4, -0.2) is 100 Å². The van der Waals surface area contributed by atoms with Crippen LogP contribution in [0.5, 0.6) is 0 Å². The summed E-state index contributed by atoms with van der Waals surface area (Å²) in [5, 5.41) is 10.2. The molecule has 0 unspecified atom stereocenters. The van der Waals surface area contributed by atoms with E-state index < -0.39 is 0 Å². The second-order valence-electron chi connectivity index (χ2n) is 18.1. The van der Waals surface area contributed by atoms with Gasteiger partial charge in [-0.1, -0.05) is 50.2 Å². The van der Waals surface area contributed by atoms with Crippen molar-refractivity contribution in [3.8, 4) is 22.5 Å². The number of hydrogen-bond donors (Lipinski definition) is 3. The number of benzene rings is 3. The number of anilines is 3. The van der Waals surface area contributed by atoms with E-state index in [0.29, 0.717) is 24.8 Å². The number of urea groups is 1. The highest BCUT2D eigenvalue weighted by atomic mass is 16.5. The molecule has 0 aliphatic carbocycles. The summed E-state index contributed by atoms with van der Waals surface area (Å²) in [6.07, 6.45) is 4.25. The summed E-state index contributed by atoms with van der Waals surface area (Å²) < 4.78 is 5.32. The Morgan fingerprint density at radius 1 is 0.841 bits per heavy atom. The lowest BCUT2D eigenvalue weighted by Gasteiger charge is -2.40. The Morgan fingerprint density at radius 2 is 1.51 bits per heavy atom. The third kappa shape index (κ3) is 9.01. The number of aromatic amines is 1. The molecule has 0 radical (unpaired) electrons. The van der Waals surface area contributed by atoms with Crippen LogP contribution >= 0.6 is 0 Å². The van der Waals surface area contributed by atoms with Crippen molar-refractivity contribution in [3.63, 3.8) is 0 Å². The Hall–Kier alpha value is -6.61. The molecule has 3 aromatic carbocycles. The lowest BCUT2D eigenvalue weighted by molar-refractivity contribution is -0.120. The van der Waals surface area contributed by atoms with Crippen molar-refractivity contribution < 1.29 is 18.9 Å². The highest BCUT2D eigenvalue weighted by Gasteiger charge is 2.28. The van der Waals surface area contributed by atoms with Gasteiger partial charge in [0.2, 0.25) is 11.8 Å². The summed E-state index contributed by atoms with van der Waals surface area (Å²) in [5.41, 5.74) is 9.55. The minimum absolute atomic E-state index is 0.0240. The largest absolute Gasteiger partial charge is 0.372 e. The van der Waals surface area contributed by atoms with Crippen LogP contribution < -0.4 is 25.3 Å². The molecule has 1 atom stereocenters. The number of piperazine rings is 1. The van der Waals surface area contributed by atoms with Crippen LogP contribution in [0.1, 0.15) is 80.6 Å². The van der Waals surface area contributed by atoms with Crippen LogP contribution in [0.25, 0.3) is 33.5 Å². The molecule has 0 bridgehead atoms. The molecule has 3 aromatic heterocycles. The number of amides is 4. The average Bonchev–Trinajstić information content (AvgIpc) is 3.97. The first-order valence-electron chi connectivity index (χ1n) is 22.0. The second kappa shape index (κ2) is 17.3. The fraction of sp³-hybridized carbons (Fsp3) is 0.396. The van der Waals surface area contributed by atoms with Crippen molar-refractivity contribution >= 4 is 45.9 Å². The molecule has 6 heterocycles. The molecule has 9 rings (SSSR count). The first-order chi connectivity index (χ1) is 30.4. The summed E-state index contributed by atoms with van der Waals surface area (Å²) in [5.74, 6) is 0.525. The standard InChI is InChI=1S/C48H55N11O4/c1-30-26-34(8-15-38(30)31(2)51-45(61)44-54-46(63-55-44)48(3,4)5)42-39-27-40(52-43(39)50-29-49-42)33-6-9-35(10-7-33)58-24-22-56(23-25-58)28-32-16-19-57(20-17-32)36-11-13-37(14-12-36)59-21-18-41(60)53-47(59)62/h6-15,26-27,29,31-32H,16-25,28H2,1-5H3,(H,51,61)(H,49,50,52)(H,53,60,62)/t31-/m1/s1. The molecule has 0 saturated carbocycles. The molecule has 326 valence electrons. The summed E-state index contributed by atoms with van der Waals surface area (Å²) in [6, 6.07) is 24.6. The van der Waals surface area contributed by atoms with Gasteiger partial charge in [-0.15, -0.1) is 0 Å². The van der Waals surface area contributed by atoms with Gasteiger partial charge in [0.05, 0.1) is 11.7 Å². The number of rotatable bonds is 10. The number of imide groups is 1. The molecule has 3 saturated heterocycles. The average molecular weight is 850 g/mol. The van der Waals surface area contributed by atoms with E-state index in [0.717, 1.165) is 109 Å². The molecular weight excluding hydrogens is 795 g/mol. The van der Waals surface area contributed by atoms with Crippen molar-refractivity contribution in [1.82, 2.24) is 40.6 Å². The second-order valence-corrected chi connectivity index (χ2v) is 18.1. The number of aryl methyl sites for hydroxylation is 1. The monoisotopic (exact) mass is 849 g/mol. The van der Waals surface area contributed by atoms with E-state index in [1.54, 1.807) is 11.2 Å². The molecule has 3 aliphatic rings. The van der Waals surface area contributed by atoms with Crippen LogP contribution in [0.2, 0.25) is 0 Å². The van der Waals surface area contributed by atoms with Crippen LogP contribution in [-0.2, 0) is 10.2 Å². The van der Waals surface area contributed by atoms with Gasteiger partial charge in [0.15, 0.2) is 0 Å². The quantitative estimate of drug-likeness (QED) is 0.127. The fourth-order valence-corrected chi connectivity index (χ4v) is 9.03. The van der Waals surface area contributed by atoms with E-state index in [2.05, 4.69) is 94.0 Å². The van der Waals surface area contributed by atoms with Crippen LogP contribution in [0.4, 0.5) is 21.9 Å². The first-order valence-corrected chi connectivity index (χ1v) is 22.0. The molecule has 63 heavy (non-hydrogen) atoms. The Balaban J connectivity index is 0.768. The number of H-pyrrole nitrogens is 1. The molecule has 15 nitrogen and oxygen atoms in total. The maximum atomic E-state index is 13.0. The van der Waals surface area contributed by atoms with E-state index in [1.165, 1.54) is 11.4 Å². The zero-order valence-electron chi connectivity index (χ0n) is 36.6. The molecular formula is C48H55N11O4. The third-order valence-corrected chi connectivity index (χ3v) is 12.7. The smallest absolute Gasteiger partial charge is 0.328 e. The van der Waals surface area contributed by atoms with Gasteiger partial charge < -0.3 is 24.6 Å². The zero-order valence-corrected chi connectivity index (χ0v) is 36.6. The molecule has 3 fully saturated rings. The number of aromatic nitrogens is 5. The van der Waals surface area contributed by atoms with Gasteiger partial charge >= 0.3 is 6.03 Å². The molecule has 6 aromatic rings. The van der Waals surface area contributed by atoms with Crippen LogP contribution in [0, 0.1) is 12.8 Å². The summed E-state index contributed by atoms with van der Waals surface area (Å²) in [4.78, 5) is 63.0. The van der Waals surface area contributed by atoms with Gasteiger partial charge in [-0.3, -0.25) is 24.7 Å². The van der Waals surface area contributed by atoms with Crippen molar-refractivity contribution in [1.29, 1.82) is 0 Å². The maximum Gasteiger partial charge on any atom is 0.328 e. The van der Waals surface area contributed by atoms with Crippen molar-refractivity contribution in [3.05, 3.63) is 102 Å². The van der Waals surface area contributed by atoms with Crippen LogP contribution in [0.3, 0.4) is 0 Å². The van der Waals surface area contributed by atoms with Gasteiger partial charge in [-0.2, -0.15) is 4.98 Å². The molecule has 3 aliphatic heterocycles. The number of nitrogens with zero attached hydrogens (tertiary/aromatic N) is 8. The predicted octanol–water partition coefficient (Wildman–Crippen LogP) is 7.26. The van der Waals surface area contributed by atoms with Crippen molar-refractivity contribution in [2.45, 2.75) is 65.3 Å². The van der Waals surface area contributed by atoms with E-state index in [4.69, 9.17) is 9.51 Å². The SMILES string of the molecule is Cc1cc(-c2ncnc3[nH]c(-c4ccc(N5CCN(CC6CCN(c7ccc(N8CCC(=O)NC8=O)cc7)CC6)CC5)cc4)cc23)ccc1[C@@H](C)NC(=O)c1noc(C(C)(C)C)n1. The zero-order chi connectivity index (χ0) is 43.8. The molecule has 4 amide bonds. The lowest BCUT2D eigenvalue weighted by atomic mass is 9.95. The number of hydrogen-bond acceptors (Lipinski definition) is 11. The summed E-state index contributed by atoms with van der Waals surface area (Å²) in [6.45, 7) is 17.6. The summed E-state index contributed by atoms with van der Waals surface area (Å²) >= 11 is 0. The highest BCUT2D eigenvalue weighted by molar-refractivity contribution is 6.05. The van der Waals surface area contributed by atoms with Gasteiger partial charge in [0.25, 0.3) is 11.7 Å². The van der Waals surface area contributed by atoms with Gasteiger partial charge in [-0.05, 0) is 97.8 Å². The Labute approximate surface area is 367 Å². The van der Waals surface area contributed by atoms with E-state index in [1.807, 2.05) is 58.9 Å².